The van der Waals surface area contributed by atoms with Crippen molar-refractivity contribution < 1.29 is 9.53 Å². The first kappa shape index (κ1) is 20.5. The Morgan fingerprint density at radius 1 is 1.03 bits per heavy atom. The lowest BCUT2D eigenvalue weighted by molar-refractivity contribution is -0.134. The molecule has 0 saturated heterocycles. The van der Waals surface area contributed by atoms with Crippen LogP contribution in [0.3, 0.4) is 0 Å². The molecule has 0 bridgehead atoms. The summed E-state index contributed by atoms with van der Waals surface area (Å²) >= 11 is 3.35. The zero-order valence-electron chi connectivity index (χ0n) is 16.3. The third-order valence-electron chi connectivity index (χ3n) is 4.78. The minimum absolute atomic E-state index is 0.0401. The van der Waals surface area contributed by atoms with E-state index in [1.807, 2.05) is 30.3 Å². The second-order valence-corrected chi connectivity index (χ2v) is 7.76. The zero-order chi connectivity index (χ0) is 21.8. The summed E-state index contributed by atoms with van der Waals surface area (Å²) in [6, 6.07) is 21.8. The minimum Gasteiger partial charge on any atom is -0.426 e. The summed E-state index contributed by atoms with van der Waals surface area (Å²) in [7, 11) is 0. The summed E-state index contributed by atoms with van der Waals surface area (Å²) in [6.07, 6.45) is 1.48. The Kier molecular flexibility index (Phi) is 5.92. The predicted molar refractivity (Wildman–Crippen MR) is 121 cm³/mol. The minimum atomic E-state index is -0.438. The van der Waals surface area contributed by atoms with Crippen molar-refractivity contribution in [2.24, 2.45) is 0 Å². The molecule has 0 atom stereocenters. The number of carbonyl (C=O) groups excluding carboxylic acids is 1. The van der Waals surface area contributed by atoms with Crippen molar-refractivity contribution in [1.29, 1.82) is 5.26 Å². The molecule has 31 heavy (non-hydrogen) atoms. The Labute approximate surface area is 186 Å². The summed E-state index contributed by atoms with van der Waals surface area (Å²) in [5.41, 5.74) is 2.92. The number of fused-ring (bicyclic) bond motifs is 1. The molecular formula is C24H16BrN3O3. The number of aryl methyl sites for hydroxylation is 1. The fourth-order valence-corrected chi connectivity index (χ4v) is 3.50. The monoisotopic (exact) mass is 473 g/mol. The summed E-state index contributed by atoms with van der Waals surface area (Å²) < 4.78 is 7.58. The SMILES string of the molecule is N#Cc1ccc(-c2ccc(OC(=O)CCn3cnc4ccc(Br)cc4c3=O)cc2)cc1. The van der Waals surface area contributed by atoms with E-state index in [9.17, 15) is 9.59 Å². The quantitative estimate of drug-likeness (QED) is 0.310. The van der Waals surface area contributed by atoms with E-state index in [2.05, 4.69) is 27.0 Å². The highest BCUT2D eigenvalue weighted by molar-refractivity contribution is 9.10. The van der Waals surface area contributed by atoms with Crippen LogP contribution in [0.2, 0.25) is 0 Å². The van der Waals surface area contributed by atoms with Crippen molar-refractivity contribution in [1.82, 2.24) is 9.55 Å². The molecule has 0 aliphatic rings. The first-order chi connectivity index (χ1) is 15.0. The average molecular weight is 474 g/mol. The number of nitriles is 1. The van der Waals surface area contributed by atoms with Gasteiger partial charge in [-0.05, 0) is 53.6 Å². The summed E-state index contributed by atoms with van der Waals surface area (Å²) in [5, 5.41) is 9.38. The fourth-order valence-electron chi connectivity index (χ4n) is 3.14. The van der Waals surface area contributed by atoms with E-state index in [0.29, 0.717) is 22.2 Å². The van der Waals surface area contributed by atoms with E-state index in [4.69, 9.17) is 10.00 Å². The molecule has 4 rings (SSSR count). The number of nitrogens with zero attached hydrogens (tertiary/aromatic N) is 3. The van der Waals surface area contributed by atoms with Crippen molar-refractivity contribution in [3.8, 4) is 22.9 Å². The van der Waals surface area contributed by atoms with Crippen LogP contribution in [-0.2, 0) is 11.3 Å². The molecule has 4 aromatic rings. The zero-order valence-corrected chi connectivity index (χ0v) is 17.9. The second kappa shape index (κ2) is 8.94. The predicted octanol–water partition coefficient (Wildman–Crippen LogP) is 4.69. The van der Waals surface area contributed by atoms with Gasteiger partial charge in [-0.1, -0.05) is 40.2 Å². The summed E-state index contributed by atoms with van der Waals surface area (Å²) in [4.78, 5) is 29.1. The van der Waals surface area contributed by atoms with Crippen LogP contribution in [0.4, 0.5) is 0 Å². The number of ether oxygens (including phenoxy) is 1. The second-order valence-electron chi connectivity index (χ2n) is 6.84. The maximum Gasteiger partial charge on any atom is 0.312 e. The van der Waals surface area contributed by atoms with Gasteiger partial charge in [-0.3, -0.25) is 14.2 Å². The smallest absolute Gasteiger partial charge is 0.312 e. The third kappa shape index (κ3) is 4.71. The molecule has 152 valence electrons. The maximum atomic E-state index is 12.6. The number of benzene rings is 3. The lowest BCUT2D eigenvalue weighted by atomic mass is 10.0. The molecule has 0 amide bonds. The number of aromatic nitrogens is 2. The van der Waals surface area contributed by atoms with Crippen molar-refractivity contribution in [3.05, 3.63) is 93.4 Å². The van der Waals surface area contributed by atoms with Crippen LogP contribution in [0.1, 0.15) is 12.0 Å². The van der Waals surface area contributed by atoms with Crippen LogP contribution in [0, 0.1) is 11.3 Å². The number of hydrogen-bond donors (Lipinski definition) is 0. The molecule has 0 unspecified atom stereocenters. The molecule has 0 saturated carbocycles. The molecule has 0 radical (unpaired) electrons. The number of esters is 1. The summed E-state index contributed by atoms with van der Waals surface area (Å²) in [5.74, 6) is -0.0114. The number of hydrogen-bond acceptors (Lipinski definition) is 5. The van der Waals surface area contributed by atoms with Crippen LogP contribution >= 0.6 is 15.9 Å². The van der Waals surface area contributed by atoms with Gasteiger partial charge in [0.15, 0.2) is 0 Å². The third-order valence-corrected chi connectivity index (χ3v) is 5.27. The first-order valence-corrected chi connectivity index (χ1v) is 10.3. The van der Waals surface area contributed by atoms with Gasteiger partial charge in [0.05, 0.1) is 35.3 Å². The Morgan fingerprint density at radius 2 is 1.71 bits per heavy atom. The van der Waals surface area contributed by atoms with Gasteiger partial charge in [-0.2, -0.15) is 5.26 Å². The molecule has 0 aliphatic carbocycles. The number of rotatable bonds is 5. The standard InChI is InChI=1S/C24H16BrN3O3/c25-19-7-10-22-21(13-19)24(30)28(15-27-22)12-11-23(29)31-20-8-5-18(6-9-20)17-3-1-16(14-26)2-4-17/h1-10,13,15H,11-12H2. The van der Waals surface area contributed by atoms with Crippen LogP contribution in [0.25, 0.3) is 22.0 Å². The molecule has 0 aliphatic heterocycles. The molecule has 6 nitrogen and oxygen atoms in total. The highest BCUT2D eigenvalue weighted by atomic mass is 79.9. The van der Waals surface area contributed by atoms with Gasteiger partial charge in [0, 0.05) is 11.0 Å². The van der Waals surface area contributed by atoms with E-state index >= 15 is 0 Å². The molecule has 7 heteroatoms. The topological polar surface area (TPSA) is 85.0 Å². The average Bonchev–Trinajstić information content (AvgIpc) is 2.79. The first-order valence-electron chi connectivity index (χ1n) is 9.49. The van der Waals surface area contributed by atoms with Gasteiger partial charge in [0.2, 0.25) is 0 Å². The van der Waals surface area contributed by atoms with Gasteiger partial charge in [-0.25, -0.2) is 4.98 Å². The van der Waals surface area contributed by atoms with Crippen LogP contribution < -0.4 is 10.3 Å². The maximum absolute atomic E-state index is 12.6. The van der Waals surface area contributed by atoms with Crippen molar-refractivity contribution in [3.63, 3.8) is 0 Å². The largest absolute Gasteiger partial charge is 0.426 e. The summed E-state index contributed by atoms with van der Waals surface area (Å²) in [6.45, 7) is 0.177. The van der Waals surface area contributed by atoms with Gasteiger partial charge in [-0.15, -0.1) is 0 Å². The molecule has 1 heterocycles. The van der Waals surface area contributed by atoms with Crippen LogP contribution in [0.5, 0.6) is 5.75 Å². The number of halogens is 1. The Hall–Kier alpha value is -3.76. The lowest BCUT2D eigenvalue weighted by Gasteiger charge is -2.08. The van der Waals surface area contributed by atoms with Gasteiger partial charge >= 0.3 is 5.97 Å². The highest BCUT2D eigenvalue weighted by Crippen LogP contribution is 2.23. The Morgan fingerprint density at radius 3 is 2.39 bits per heavy atom. The van der Waals surface area contributed by atoms with E-state index in [-0.39, 0.29) is 18.5 Å². The van der Waals surface area contributed by atoms with Crippen molar-refractivity contribution in [2.75, 3.05) is 0 Å². The van der Waals surface area contributed by atoms with E-state index < -0.39 is 5.97 Å². The molecule has 0 N–H and O–H groups in total. The van der Waals surface area contributed by atoms with Gasteiger partial charge in [0.25, 0.3) is 5.56 Å². The molecule has 1 aromatic heterocycles. The molecule has 0 spiro atoms. The lowest BCUT2D eigenvalue weighted by Crippen LogP contribution is -2.23. The van der Waals surface area contributed by atoms with E-state index in [1.54, 1.807) is 36.4 Å². The van der Waals surface area contributed by atoms with E-state index in [1.165, 1.54) is 10.9 Å². The van der Waals surface area contributed by atoms with Gasteiger partial charge < -0.3 is 4.74 Å². The Bertz CT molecular complexity index is 1350. The molecular weight excluding hydrogens is 458 g/mol. The fraction of sp³-hybridized carbons (Fsp3) is 0.0833. The Balaban J connectivity index is 1.40. The number of carbonyl (C=O) groups is 1. The van der Waals surface area contributed by atoms with Gasteiger partial charge in [0.1, 0.15) is 5.75 Å². The molecule has 0 fully saturated rings. The molecule has 3 aromatic carbocycles. The van der Waals surface area contributed by atoms with Crippen molar-refractivity contribution in [2.45, 2.75) is 13.0 Å². The van der Waals surface area contributed by atoms with E-state index in [0.717, 1.165) is 15.6 Å². The van der Waals surface area contributed by atoms with Crippen LogP contribution in [-0.4, -0.2) is 15.5 Å². The van der Waals surface area contributed by atoms with Crippen LogP contribution in [0.15, 0.2) is 82.3 Å². The normalized spacial score (nSPS) is 10.6. The van der Waals surface area contributed by atoms with Crippen molar-refractivity contribution >= 4 is 32.8 Å². The highest BCUT2D eigenvalue weighted by Gasteiger charge is 2.09.